The summed E-state index contributed by atoms with van der Waals surface area (Å²) in [5.74, 6) is 0.0888. The van der Waals surface area contributed by atoms with Crippen molar-refractivity contribution in [2.24, 2.45) is 0 Å². The molecule has 8 nitrogen and oxygen atoms in total. The zero-order valence-electron chi connectivity index (χ0n) is 18.1. The van der Waals surface area contributed by atoms with Crippen LogP contribution in [0.4, 0.5) is 5.69 Å². The van der Waals surface area contributed by atoms with Gasteiger partial charge in [0.1, 0.15) is 0 Å². The third-order valence-corrected chi connectivity index (χ3v) is 8.23. The van der Waals surface area contributed by atoms with E-state index in [0.29, 0.717) is 43.5 Å². The van der Waals surface area contributed by atoms with Gasteiger partial charge in [-0.25, -0.2) is 13.4 Å². The maximum absolute atomic E-state index is 13.0. The van der Waals surface area contributed by atoms with Crippen molar-refractivity contribution in [1.82, 2.24) is 13.9 Å². The number of ether oxygens (including phenoxy) is 1. The number of aryl methyl sites for hydroxylation is 2. The van der Waals surface area contributed by atoms with E-state index in [1.54, 1.807) is 18.2 Å². The summed E-state index contributed by atoms with van der Waals surface area (Å²) in [5.41, 5.74) is 3.24. The number of rotatable bonds is 7. The van der Waals surface area contributed by atoms with Gasteiger partial charge in [-0.05, 0) is 43.7 Å². The number of nitrogens with zero attached hydrogens (tertiary/aromatic N) is 3. The monoisotopic (exact) mass is 474 g/mol. The third kappa shape index (κ3) is 4.68. The van der Waals surface area contributed by atoms with Gasteiger partial charge < -0.3 is 14.6 Å². The number of anilines is 1. The van der Waals surface area contributed by atoms with Crippen molar-refractivity contribution in [3.63, 3.8) is 0 Å². The molecule has 0 saturated carbocycles. The molecule has 1 aliphatic heterocycles. The average Bonchev–Trinajstić information content (AvgIpc) is 3.16. The molecule has 0 unspecified atom stereocenters. The van der Waals surface area contributed by atoms with Gasteiger partial charge in [0, 0.05) is 25.3 Å². The van der Waals surface area contributed by atoms with Crippen LogP contribution in [-0.4, -0.2) is 60.2 Å². The molecule has 10 heteroatoms. The molecule has 1 aromatic heterocycles. The second kappa shape index (κ2) is 9.62. The summed E-state index contributed by atoms with van der Waals surface area (Å²) in [6.45, 7) is 6.10. The number of carbonyl (C=O) groups is 1. The van der Waals surface area contributed by atoms with E-state index in [1.165, 1.54) is 16.1 Å². The smallest absolute Gasteiger partial charge is 0.243 e. The first kappa shape index (κ1) is 22.8. The Labute approximate surface area is 192 Å². The first-order chi connectivity index (χ1) is 15.4. The number of morpholine rings is 1. The van der Waals surface area contributed by atoms with E-state index in [2.05, 4.69) is 10.3 Å². The van der Waals surface area contributed by atoms with Crippen molar-refractivity contribution in [3.8, 4) is 0 Å². The Morgan fingerprint density at radius 3 is 2.66 bits per heavy atom. The number of thioether (sulfide) groups is 1. The SMILES string of the molecule is CCn1c(SCC(=O)Nc2ccccc2C)nc2cc(S(=O)(=O)N3CCOCC3)ccc21. The van der Waals surface area contributed by atoms with Crippen molar-refractivity contribution in [1.29, 1.82) is 0 Å². The topological polar surface area (TPSA) is 93.5 Å². The molecule has 0 aliphatic carbocycles. The van der Waals surface area contributed by atoms with E-state index in [0.717, 1.165) is 16.8 Å². The lowest BCUT2D eigenvalue weighted by Crippen LogP contribution is -2.40. The van der Waals surface area contributed by atoms with Gasteiger partial charge in [-0.3, -0.25) is 4.79 Å². The molecule has 32 heavy (non-hydrogen) atoms. The molecule has 0 spiro atoms. The van der Waals surface area contributed by atoms with Crippen LogP contribution in [0, 0.1) is 6.92 Å². The minimum Gasteiger partial charge on any atom is -0.379 e. The van der Waals surface area contributed by atoms with Gasteiger partial charge in [-0.2, -0.15) is 4.31 Å². The highest BCUT2D eigenvalue weighted by Crippen LogP contribution is 2.28. The summed E-state index contributed by atoms with van der Waals surface area (Å²) in [4.78, 5) is 17.3. The highest BCUT2D eigenvalue weighted by atomic mass is 32.2. The van der Waals surface area contributed by atoms with Crippen molar-refractivity contribution in [2.45, 2.75) is 30.4 Å². The molecule has 0 radical (unpaired) electrons. The lowest BCUT2D eigenvalue weighted by molar-refractivity contribution is -0.113. The molecule has 1 saturated heterocycles. The normalized spacial score (nSPS) is 15.2. The summed E-state index contributed by atoms with van der Waals surface area (Å²) >= 11 is 1.34. The van der Waals surface area contributed by atoms with E-state index in [4.69, 9.17) is 4.74 Å². The van der Waals surface area contributed by atoms with Crippen molar-refractivity contribution < 1.29 is 17.9 Å². The van der Waals surface area contributed by atoms with E-state index >= 15 is 0 Å². The third-order valence-electron chi connectivity index (χ3n) is 5.36. The van der Waals surface area contributed by atoms with Gasteiger partial charge in [-0.1, -0.05) is 30.0 Å². The molecule has 1 N–H and O–H groups in total. The maximum atomic E-state index is 13.0. The van der Waals surface area contributed by atoms with Gasteiger partial charge in [0.2, 0.25) is 15.9 Å². The molecule has 1 fully saturated rings. The second-order valence-electron chi connectivity index (χ2n) is 7.46. The van der Waals surface area contributed by atoms with Crippen LogP contribution < -0.4 is 5.32 Å². The van der Waals surface area contributed by atoms with Crippen LogP contribution in [0.15, 0.2) is 52.5 Å². The van der Waals surface area contributed by atoms with Crippen molar-refractivity contribution >= 4 is 44.4 Å². The molecule has 4 rings (SSSR count). The van der Waals surface area contributed by atoms with Crippen molar-refractivity contribution in [3.05, 3.63) is 48.0 Å². The highest BCUT2D eigenvalue weighted by molar-refractivity contribution is 7.99. The quantitative estimate of drug-likeness (QED) is 0.529. The fourth-order valence-electron chi connectivity index (χ4n) is 3.63. The Hall–Kier alpha value is -2.40. The summed E-state index contributed by atoms with van der Waals surface area (Å²) in [6.07, 6.45) is 0. The van der Waals surface area contributed by atoms with Crippen LogP contribution in [0.25, 0.3) is 11.0 Å². The van der Waals surface area contributed by atoms with E-state index in [9.17, 15) is 13.2 Å². The fraction of sp³-hybridized carbons (Fsp3) is 0.364. The first-order valence-electron chi connectivity index (χ1n) is 10.5. The van der Waals surface area contributed by atoms with Gasteiger partial charge in [0.15, 0.2) is 5.16 Å². The minimum atomic E-state index is -3.60. The number of sulfonamides is 1. The number of nitrogens with one attached hydrogen (secondary N) is 1. The highest BCUT2D eigenvalue weighted by Gasteiger charge is 2.27. The number of amides is 1. The zero-order valence-corrected chi connectivity index (χ0v) is 19.7. The Morgan fingerprint density at radius 1 is 1.19 bits per heavy atom. The molecule has 3 aromatic rings. The van der Waals surface area contributed by atoms with Gasteiger partial charge in [0.05, 0.1) is 34.9 Å². The van der Waals surface area contributed by atoms with Crippen molar-refractivity contribution in [2.75, 3.05) is 37.4 Å². The number of imidazole rings is 1. The lowest BCUT2D eigenvalue weighted by Gasteiger charge is -2.26. The van der Waals surface area contributed by atoms with Crippen LogP contribution in [0.2, 0.25) is 0 Å². The summed E-state index contributed by atoms with van der Waals surface area (Å²) in [6, 6.07) is 12.7. The molecule has 2 aromatic carbocycles. The Morgan fingerprint density at radius 2 is 1.94 bits per heavy atom. The van der Waals surface area contributed by atoms with Crippen LogP contribution in [0.3, 0.4) is 0 Å². The second-order valence-corrected chi connectivity index (χ2v) is 10.3. The summed E-state index contributed by atoms with van der Waals surface area (Å²) < 4.78 is 34.7. The number of hydrogen-bond acceptors (Lipinski definition) is 6. The fourth-order valence-corrected chi connectivity index (χ4v) is 5.94. The lowest BCUT2D eigenvalue weighted by atomic mass is 10.2. The summed E-state index contributed by atoms with van der Waals surface area (Å²) in [7, 11) is -3.60. The van der Waals surface area contributed by atoms with Gasteiger partial charge in [0.25, 0.3) is 0 Å². The maximum Gasteiger partial charge on any atom is 0.243 e. The van der Waals surface area contributed by atoms with Gasteiger partial charge in [-0.15, -0.1) is 0 Å². The minimum absolute atomic E-state index is 0.116. The average molecular weight is 475 g/mol. The Bertz CT molecular complexity index is 1230. The number of aromatic nitrogens is 2. The van der Waals surface area contributed by atoms with Crippen LogP contribution in [0.1, 0.15) is 12.5 Å². The number of fused-ring (bicyclic) bond motifs is 1. The molecular formula is C22H26N4O4S2. The molecule has 1 amide bonds. The van der Waals surface area contributed by atoms with E-state index < -0.39 is 10.0 Å². The Balaban J connectivity index is 1.53. The van der Waals surface area contributed by atoms with E-state index in [-0.39, 0.29) is 16.6 Å². The summed E-state index contributed by atoms with van der Waals surface area (Å²) in [5, 5.41) is 3.61. The number of carbonyl (C=O) groups excluding carboxylic acids is 1. The predicted molar refractivity (Wildman–Crippen MR) is 126 cm³/mol. The van der Waals surface area contributed by atoms with E-state index in [1.807, 2.05) is 42.7 Å². The number of benzene rings is 2. The van der Waals surface area contributed by atoms with Gasteiger partial charge >= 0.3 is 0 Å². The predicted octanol–water partition coefficient (Wildman–Crippen LogP) is 3.12. The van der Waals surface area contributed by atoms with Crippen LogP contribution in [-0.2, 0) is 26.1 Å². The molecule has 1 aliphatic rings. The first-order valence-corrected chi connectivity index (χ1v) is 12.9. The number of hydrogen-bond donors (Lipinski definition) is 1. The van der Waals surface area contributed by atoms with Crippen LogP contribution >= 0.6 is 11.8 Å². The largest absolute Gasteiger partial charge is 0.379 e. The van der Waals surface area contributed by atoms with Crippen LogP contribution in [0.5, 0.6) is 0 Å². The number of para-hydroxylation sites is 1. The Kier molecular flexibility index (Phi) is 6.85. The molecule has 0 bridgehead atoms. The zero-order chi connectivity index (χ0) is 22.7. The molecule has 2 heterocycles. The molecule has 170 valence electrons. The molecular weight excluding hydrogens is 448 g/mol. The standard InChI is InChI=1S/C22H26N4O4S2/c1-3-26-20-9-8-17(32(28,29)25-10-12-30-13-11-25)14-19(20)24-22(26)31-15-21(27)23-18-7-5-4-6-16(18)2/h4-9,14H,3,10-13,15H2,1-2H3,(H,23,27). The molecule has 0 atom stereocenters.